The first kappa shape index (κ1) is 30.4. The van der Waals surface area contributed by atoms with Gasteiger partial charge in [0.2, 0.25) is 5.91 Å². The van der Waals surface area contributed by atoms with Crippen molar-refractivity contribution in [2.75, 3.05) is 6.54 Å². The summed E-state index contributed by atoms with van der Waals surface area (Å²) in [6.45, 7) is 1.53. The Kier molecular flexibility index (Phi) is 9.33. The number of nitrogens with one attached hydrogen (secondary N) is 1. The van der Waals surface area contributed by atoms with Crippen LogP contribution in [0, 0.1) is 0 Å². The molecular weight excluding hydrogens is 640 g/mol. The molecule has 3 aromatic carbocycles. The summed E-state index contributed by atoms with van der Waals surface area (Å²) >= 11 is 9.51. The van der Waals surface area contributed by atoms with E-state index in [1.54, 1.807) is 18.2 Å². The summed E-state index contributed by atoms with van der Waals surface area (Å²) < 4.78 is 6.62. The number of nitrogens with zero attached hydrogens (tertiary/aromatic N) is 1. The summed E-state index contributed by atoms with van der Waals surface area (Å²) in [5.41, 5.74) is 5.04. The first-order chi connectivity index (χ1) is 21.3. The molecule has 6 rings (SSSR count). The maximum Gasteiger partial charge on any atom is 0.287 e. The van der Waals surface area contributed by atoms with Crippen LogP contribution in [0.25, 0.3) is 11.0 Å². The summed E-state index contributed by atoms with van der Waals surface area (Å²) in [5, 5.41) is 4.19. The largest absolute Gasteiger partial charge is 0.451 e. The second-order valence-corrected chi connectivity index (χ2v) is 13.1. The zero-order chi connectivity index (χ0) is 30.6. The number of fused-ring (bicyclic) bond motifs is 1. The number of carbonyl (C=O) groups is 2. The third kappa shape index (κ3) is 7.16. The lowest BCUT2D eigenvalue weighted by molar-refractivity contribution is -0.128. The van der Waals surface area contributed by atoms with Gasteiger partial charge in [-0.1, -0.05) is 75.6 Å². The van der Waals surface area contributed by atoms with E-state index in [-0.39, 0.29) is 23.1 Å². The second kappa shape index (κ2) is 13.5. The number of allylic oxidation sites excluding steroid dienone is 1. The minimum atomic E-state index is -0.429. The van der Waals surface area contributed by atoms with Crippen LogP contribution in [0.4, 0.5) is 0 Å². The van der Waals surface area contributed by atoms with Crippen LogP contribution in [0.2, 0.25) is 5.02 Å². The van der Waals surface area contributed by atoms with E-state index in [1.165, 1.54) is 22.8 Å². The Morgan fingerprint density at radius 3 is 2.55 bits per heavy atom. The van der Waals surface area contributed by atoms with Crippen LogP contribution in [0.5, 0.6) is 0 Å². The molecule has 2 fully saturated rings. The molecular formula is C36H34BrClN2O4. The lowest BCUT2D eigenvalue weighted by Gasteiger charge is -2.28. The second-order valence-electron chi connectivity index (χ2n) is 11.7. The van der Waals surface area contributed by atoms with Crippen molar-refractivity contribution in [1.29, 1.82) is 0 Å². The zero-order valence-corrected chi connectivity index (χ0v) is 26.7. The fourth-order valence-corrected chi connectivity index (χ4v) is 6.90. The van der Waals surface area contributed by atoms with Gasteiger partial charge in [0.25, 0.3) is 5.91 Å². The predicted molar refractivity (Wildman–Crippen MR) is 177 cm³/mol. The molecule has 1 aromatic heterocycles. The van der Waals surface area contributed by atoms with E-state index >= 15 is 0 Å². The van der Waals surface area contributed by atoms with Crippen molar-refractivity contribution in [3.63, 3.8) is 0 Å². The first-order valence-corrected chi connectivity index (χ1v) is 16.3. The third-order valence-corrected chi connectivity index (χ3v) is 9.44. The SMILES string of the molecule is O=C(N[C@@H](C=C1CCC(c2ccccc2CN2CCCC2=O)CC1)Cc1ccc(Cl)cc1)c1cc(=O)c2cc(Br)ccc2o1. The number of carbonyl (C=O) groups excluding carboxylic acids is 2. The van der Waals surface area contributed by atoms with Crippen LogP contribution >= 0.6 is 27.5 Å². The van der Waals surface area contributed by atoms with E-state index in [4.69, 9.17) is 16.0 Å². The number of halogens is 2. The molecule has 8 heteroatoms. The van der Waals surface area contributed by atoms with Crippen molar-refractivity contribution in [1.82, 2.24) is 10.2 Å². The summed E-state index contributed by atoms with van der Waals surface area (Å²) in [7, 11) is 0. The highest BCUT2D eigenvalue weighted by Crippen LogP contribution is 2.37. The number of hydrogen-bond acceptors (Lipinski definition) is 4. The molecule has 0 spiro atoms. The summed E-state index contributed by atoms with van der Waals surface area (Å²) in [4.78, 5) is 40.4. The Morgan fingerprint density at radius 2 is 1.80 bits per heavy atom. The van der Waals surface area contributed by atoms with Gasteiger partial charge in [0, 0.05) is 35.1 Å². The Morgan fingerprint density at radius 1 is 1.02 bits per heavy atom. The van der Waals surface area contributed by atoms with Crippen LogP contribution in [0.3, 0.4) is 0 Å². The van der Waals surface area contributed by atoms with Gasteiger partial charge >= 0.3 is 0 Å². The quantitative estimate of drug-likeness (QED) is 0.193. The van der Waals surface area contributed by atoms with E-state index in [1.807, 2.05) is 29.2 Å². The lowest BCUT2D eigenvalue weighted by atomic mass is 9.79. The molecule has 2 heterocycles. The molecule has 44 heavy (non-hydrogen) atoms. The average Bonchev–Trinajstić information content (AvgIpc) is 3.43. The average molecular weight is 674 g/mol. The van der Waals surface area contributed by atoms with Gasteiger partial charge in [-0.15, -0.1) is 0 Å². The van der Waals surface area contributed by atoms with Crippen LogP contribution < -0.4 is 10.7 Å². The van der Waals surface area contributed by atoms with E-state index < -0.39 is 5.91 Å². The predicted octanol–water partition coefficient (Wildman–Crippen LogP) is 7.96. The molecule has 0 unspecified atom stereocenters. The number of likely N-dealkylation sites (tertiary alicyclic amines) is 1. The molecule has 1 atom stereocenters. The Balaban J connectivity index is 1.19. The highest BCUT2D eigenvalue weighted by atomic mass is 79.9. The van der Waals surface area contributed by atoms with Crippen molar-refractivity contribution in [2.24, 2.45) is 0 Å². The molecule has 226 valence electrons. The molecule has 0 radical (unpaired) electrons. The van der Waals surface area contributed by atoms with Gasteiger partial charge in [0.1, 0.15) is 5.58 Å². The normalized spacial score (nSPS) is 17.6. The van der Waals surface area contributed by atoms with Gasteiger partial charge in [-0.25, -0.2) is 0 Å². The Labute approximate surface area is 270 Å². The summed E-state index contributed by atoms with van der Waals surface area (Å²) in [6, 6.07) is 22.3. The smallest absolute Gasteiger partial charge is 0.287 e. The van der Waals surface area contributed by atoms with Crippen LogP contribution in [0.1, 0.15) is 71.7 Å². The van der Waals surface area contributed by atoms with Gasteiger partial charge in [0.15, 0.2) is 11.2 Å². The van der Waals surface area contributed by atoms with Gasteiger partial charge in [0.05, 0.1) is 11.4 Å². The van der Waals surface area contributed by atoms with Crippen molar-refractivity contribution in [2.45, 2.75) is 63.5 Å². The molecule has 2 aliphatic rings. The summed E-state index contributed by atoms with van der Waals surface area (Å²) in [6.07, 6.45) is 8.21. The first-order valence-electron chi connectivity index (χ1n) is 15.2. The fourth-order valence-electron chi connectivity index (χ4n) is 6.41. The van der Waals surface area contributed by atoms with E-state index in [0.29, 0.717) is 41.3 Å². The number of hydrogen-bond donors (Lipinski definition) is 1. The maximum atomic E-state index is 13.4. The van der Waals surface area contributed by atoms with Gasteiger partial charge in [-0.05, 0) is 91.5 Å². The number of benzene rings is 3. The van der Waals surface area contributed by atoms with Crippen molar-refractivity contribution < 1.29 is 14.0 Å². The highest BCUT2D eigenvalue weighted by Gasteiger charge is 2.25. The van der Waals surface area contributed by atoms with Crippen molar-refractivity contribution >= 4 is 50.3 Å². The monoisotopic (exact) mass is 672 g/mol. The number of amides is 2. The molecule has 6 nitrogen and oxygen atoms in total. The van der Waals surface area contributed by atoms with Crippen LogP contribution in [-0.4, -0.2) is 29.3 Å². The molecule has 1 aliphatic carbocycles. The maximum absolute atomic E-state index is 13.4. The van der Waals surface area contributed by atoms with E-state index in [2.05, 4.69) is 51.6 Å². The minimum absolute atomic E-state index is 0.0128. The minimum Gasteiger partial charge on any atom is -0.451 e. The molecule has 1 saturated carbocycles. The van der Waals surface area contributed by atoms with Gasteiger partial charge in [-0.2, -0.15) is 0 Å². The summed E-state index contributed by atoms with van der Waals surface area (Å²) in [5.74, 6) is 0.235. The fraction of sp³-hybridized carbons (Fsp3) is 0.306. The Bertz CT molecular complexity index is 1770. The van der Waals surface area contributed by atoms with Gasteiger partial charge < -0.3 is 14.6 Å². The molecule has 1 saturated heterocycles. The standard InChI is InChI=1S/C36H34BrClN2O4/c37-27-13-16-33-31(20-27)32(41)21-34(44-33)36(43)39-29(19-24-9-14-28(38)15-10-24)18-23-7-11-25(12-8-23)30-5-2-1-4-26(30)22-40-17-3-6-35(40)42/h1-2,4-5,9-10,13-16,18,20-21,25,29H,3,6-8,11-12,17,19,22H2,(H,39,43)/t25?,29-/m0/s1. The molecule has 4 aromatic rings. The number of rotatable bonds is 8. The van der Waals surface area contributed by atoms with Crippen molar-refractivity contribution in [3.8, 4) is 0 Å². The third-order valence-electron chi connectivity index (χ3n) is 8.69. The van der Waals surface area contributed by atoms with E-state index in [0.717, 1.165) is 48.7 Å². The molecule has 0 bridgehead atoms. The van der Waals surface area contributed by atoms with Gasteiger partial charge in [-0.3, -0.25) is 14.4 Å². The van der Waals surface area contributed by atoms with Crippen LogP contribution in [0.15, 0.2) is 98.1 Å². The van der Waals surface area contributed by atoms with Crippen LogP contribution in [-0.2, 0) is 17.8 Å². The lowest BCUT2D eigenvalue weighted by Crippen LogP contribution is -2.36. The molecule has 1 N–H and O–H groups in total. The van der Waals surface area contributed by atoms with E-state index in [9.17, 15) is 14.4 Å². The topological polar surface area (TPSA) is 79.6 Å². The molecule has 1 aliphatic heterocycles. The van der Waals surface area contributed by atoms with Crippen molar-refractivity contribution in [3.05, 3.63) is 127 Å². The zero-order valence-electron chi connectivity index (χ0n) is 24.4. The molecule has 2 amide bonds. The highest BCUT2D eigenvalue weighted by molar-refractivity contribution is 9.10. The Hall–Kier alpha value is -3.68.